The number of hydrogen-bond acceptors (Lipinski definition) is 2. The van der Waals surface area contributed by atoms with Gasteiger partial charge in [-0.25, -0.2) is 8.78 Å². The smallest absolute Gasteiger partial charge is 0.226 e. The zero-order valence-electron chi connectivity index (χ0n) is 14.0. The van der Waals surface area contributed by atoms with Gasteiger partial charge in [-0.15, -0.1) is 0 Å². The highest BCUT2D eigenvalue weighted by molar-refractivity contribution is 5.79. The Bertz CT molecular complexity index is 566. The van der Waals surface area contributed by atoms with E-state index < -0.39 is 11.6 Å². The number of rotatable bonds is 4. The van der Waals surface area contributed by atoms with Crippen molar-refractivity contribution in [1.29, 1.82) is 0 Å². The molecule has 132 valence electrons. The van der Waals surface area contributed by atoms with Crippen molar-refractivity contribution in [2.24, 2.45) is 11.7 Å². The number of amides is 1. The minimum absolute atomic E-state index is 0.00198. The summed E-state index contributed by atoms with van der Waals surface area (Å²) >= 11 is 0. The average molecular weight is 336 g/mol. The van der Waals surface area contributed by atoms with Gasteiger partial charge in [-0.05, 0) is 44.2 Å². The van der Waals surface area contributed by atoms with Crippen LogP contribution in [0.15, 0.2) is 18.2 Å². The van der Waals surface area contributed by atoms with Crippen molar-refractivity contribution in [2.75, 3.05) is 0 Å². The second-order valence-corrected chi connectivity index (χ2v) is 7.23. The summed E-state index contributed by atoms with van der Waals surface area (Å²) in [6, 6.07) is 4.02. The molecule has 2 aliphatic rings. The van der Waals surface area contributed by atoms with Crippen molar-refractivity contribution in [3.8, 4) is 0 Å². The predicted octanol–water partition coefficient (Wildman–Crippen LogP) is 3.75. The van der Waals surface area contributed by atoms with Crippen LogP contribution >= 0.6 is 0 Å². The summed E-state index contributed by atoms with van der Waals surface area (Å²) in [4.78, 5) is 14.8. The van der Waals surface area contributed by atoms with Crippen LogP contribution in [0.25, 0.3) is 0 Å². The molecule has 2 saturated carbocycles. The first-order chi connectivity index (χ1) is 11.6. The highest BCUT2D eigenvalue weighted by Crippen LogP contribution is 2.31. The third-order valence-corrected chi connectivity index (χ3v) is 5.50. The van der Waals surface area contributed by atoms with Crippen LogP contribution < -0.4 is 5.73 Å². The number of nitrogens with zero attached hydrogens (tertiary/aromatic N) is 1. The number of halogens is 2. The monoisotopic (exact) mass is 336 g/mol. The van der Waals surface area contributed by atoms with Crippen LogP contribution in [-0.4, -0.2) is 22.9 Å². The molecule has 0 aliphatic heterocycles. The van der Waals surface area contributed by atoms with Gasteiger partial charge in [-0.1, -0.05) is 25.3 Å². The van der Waals surface area contributed by atoms with Gasteiger partial charge >= 0.3 is 0 Å². The molecule has 3 nitrogen and oxygen atoms in total. The van der Waals surface area contributed by atoms with Crippen molar-refractivity contribution < 1.29 is 13.6 Å². The lowest BCUT2D eigenvalue weighted by atomic mass is 9.85. The summed E-state index contributed by atoms with van der Waals surface area (Å²) in [5.41, 5.74) is 6.02. The van der Waals surface area contributed by atoms with Gasteiger partial charge in [0.25, 0.3) is 0 Å². The maximum Gasteiger partial charge on any atom is 0.226 e. The lowest BCUT2D eigenvalue weighted by molar-refractivity contribution is -0.139. The molecule has 0 aromatic heterocycles. The number of carbonyl (C=O) groups is 1. The van der Waals surface area contributed by atoms with E-state index in [1.54, 1.807) is 4.90 Å². The first kappa shape index (κ1) is 17.3. The van der Waals surface area contributed by atoms with Crippen molar-refractivity contribution in [1.82, 2.24) is 4.90 Å². The Hall–Kier alpha value is -1.49. The summed E-state index contributed by atoms with van der Waals surface area (Å²) in [7, 11) is 0. The second kappa shape index (κ2) is 7.60. The highest BCUT2D eigenvalue weighted by Gasteiger charge is 2.34. The molecular weight excluding hydrogens is 310 g/mol. The Balaban J connectivity index is 1.82. The molecule has 1 aromatic rings. The molecule has 0 bridgehead atoms. The normalized spacial score (nSPS) is 25.0. The molecule has 2 unspecified atom stereocenters. The van der Waals surface area contributed by atoms with E-state index in [2.05, 4.69) is 0 Å². The maximum absolute atomic E-state index is 14.1. The van der Waals surface area contributed by atoms with Gasteiger partial charge in [-0.3, -0.25) is 4.79 Å². The Morgan fingerprint density at radius 2 is 1.75 bits per heavy atom. The number of nitrogens with two attached hydrogens (primary N) is 1. The Morgan fingerprint density at radius 1 is 1.08 bits per heavy atom. The van der Waals surface area contributed by atoms with Crippen molar-refractivity contribution in [2.45, 2.75) is 70.0 Å². The SMILES string of the molecule is NC1CCCC(C(=O)N(Cc2c(F)cccc2F)C2CCCC2)C1. The van der Waals surface area contributed by atoms with E-state index in [9.17, 15) is 13.6 Å². The largest absolute Gasteiger partial charge is 0.335 e. The van der Waals surface area contributed by atoms with Gasteiger partial charge in [0.1, 0.15) is 11.6 Å². The minimum atomic E-state index is -0.578. The summed E-state index contributed by atoms with van der Waals surface area (Å²) in [5, 5.41) is 0. The third-order valence-electron chi connectivity index (χ3n) is 5.50. The molecular formula is C19H26F2N2O. The van der Waals surface area contributed by atoms with Gasteiger partial charge in [0, 0.05) is 23.6 Å². The van der Waals surface area contributed by atoms with Crippen molar-refractivity contribution in [3.63, 3.8) is 0 Å². The van der Waals surface area contributed by atoms with E-state index in [1.165, 1.54) is 18.2 Å². The zero-order chi connectivity index (χ0) is 17.1. The number of benzene rings is 1. The Morgan fingerprint density at radius 3 is 2.38 bits per heavy atom. The molecule has 2 N–H and O–H groups in total. The minimum Gasteiger partial charge on any atom is -0.335 e. The third kappa shape index (κ3) is 3.77. The summed E-state index contributed by atoms with van der Waals surface area (Å²) in [6.07, 6.45) is 7.38. The fourth-order valence-electron chi connectivity index (χ4n) is 4.14. The fourth-order valence-corrected chi connectivity index (χ4v) is 4.14. The van der Waals surface area contributed by atoms with Crippen LogP contribution in [0.1, 0.15) is 56.9 Å². The van der Waals surface area contributed by atoms with Crippen LogP contribution in [-0.2, 0) is 11.3 Å². The standard InChI is InChI=1S/C19H26F2N2O/c20-17-9-4-10-18(21)16(17)12-23(15-7-1-2-8-15)19(24)13-5-3-6-14(22)11-13/h4,9-10,13-15H,1-3,5-8,11-12,22H2. The molecule has 2 aliphatic carbocycles. The molecule has 3 rings (SSSR count). The van der Waals surface area contributed by atoms with Crippen LogP contribution in [0, 0.1) is 17.6 Å². The first-order valence-corrected chi connectivity index (χ1v) is 9.05. The molecule has 0 saturated heterocycles. The van der Waals surface area contributed by atoms with Gasteiger partial charge in [0.15, 0.2) is 0 Å². The van der Waals surface area contributed by atoms with E-state index >= 15 is 0 Å². The molecule has 1 amide bonds. The van der Waals surface area contributed by atoms with Crippen molar-refractivity contribution >= 4 is 5.91 Å². The summed E-state index contributed by atoms with van der Waals surface area (Å²) in [5.74, 6) is -1.24. The van der Waals surface area contributed by atoms with E-state index in [4.69, 9.17) is 5.73 Å². The van der Waals surface area contributed by atoms with Gasteiger partial charge in [0.05, 0.1) is 6.54 Å². The quantitative estimate of drug-likeness (QED) is 0.910. The molecule has 2 fully saturated rings. The van der Waals surface area contributed by atoms with E-state index in [1.807, 2.05) is 0 Å². The zero-order valence-corrected chi connectivity index (χ0v) is 14.0. The highest BCUT2D eigenvalue weighted by atomic mass is 19.1. The van der Waals surface area contributed by atoms with E-state index in [0.29, 0.717) is 6.42 Å². The molecule has 5 heteroatoms. The maximum atomic E-state index is 14.1. The molecule has 2 atom stereocenters. The predicted molar refractivity (Wildman–Crippen MR) is 89.1 cm³/mol. The first-order valence-electron chi connectivity index (χ1n) is 9.05. The molecule has 1 aromatic carbocycles. The number of hydrogen-bond donors (Lipinski definition) is 1. The fraction of sp³-hybridized carbons (Fsp3) is 0.632. The molecule has 0 heterocycles. The van der Waals surface area contributed by atoms with Gasteiger partial charge in [0.2, 0.25) is 5.91 Å². The van der Waals surface area contributed by atoms with Crippen molar-refractivity contribution in [3.05, 3.63) is 35.4 Å². The van der Waals surface area contributed by atoms with Gasteiger partial charge < -0.3 is 10.6 Å². The van der Waals surface area contributed by atoms with E-state index in [0.717, 1.165) is 44.9 Å². The van der Waals surface area contributed by atoms with Crippen LogP contribution in [0.3, 0.4) is 0 Å². The second-order valence-electron chi connectivity index (χ2n) is 7.23. The Labute approximate surface area is 142 Å². The van der Waals surface area contributed by atoms with Gasteiger partial charge in [-0.2, -0.15) is 0 Å². The Kier molecular flexibility index (Phi) is 5.49. The lowest BCUT2D eigenvalue weighted by Gasteiger charge is -2.35. The van der Waals surface area contributed by atoms with E-state index in [-0.39, 0.29) is 36.0 Å². The lowest BCUT2D eigenvalue weighted by Crippen LogP contribution is -2.44. The number of carbonyl (C=O) groups excluding carboxylic acids is 1. The average Bonchev–Trinajstić information content (AvgIpc) is 3.08. The van der Waals surface area contributed by atoms with Crippen LogP contribution in [0.5, 0.6) is 0 Å². The molecule has 0 spiro atoms. The van der Waals surface area contributed by atoms with Crippen LogP contribution in [0.2, 0.25) is 0 Å². The molecule has 24 heavy (non-hydrogen) atoms. The van der Waals surface area contributed by atoms with Crippen LogP contribution in [0.4, 0.5) is 8.78 Å². The molecule has 0 radical (unpaired) electrons. The summed E-state index contributed by atoms with van der Waals surface area (Å²) < 4.78 is 28.1. The summed E-state index contributed by atoms with van der Waals surface area (Å²) in [6.45, 7) is 0.0216. The topological polar surface area (TPSA) is 46.3 Å².